The molecule has 2 heterocycles. The molecule has 0 spiro atoms. The SMILES string of the molecule is CSc1nc2nc(C(F)F)cc(-c3ccccc3)n2n1. The Hall–Kier alpha value is -2.02. The highest BCUT2D eigenvalue weighted by Gasteiger charge is 2.16. The van der Waals surface area contributed by atoms with E-state index in [1.165, 1.54) is 22.3 Å². The lowest BCUT2D eigenvalue weighted by Crippen LogP contribution is -2.01. The number of nitrogens with zero attached hydrogens (tertiary/aromatic N) is 4. The molecule has 0 bridgehead atoms. The molecule has 0 aliphatic carbocycles. The number of alkyl halides is 2. The van der Waals surface area contributed by atoms with Gasteiger partial charge in [0.2, 0.25) is 5.16 Å². The molecular weight excluding hydrogens is 282 g/mol. The summed E-state index contributed by atoms with van der Waals surface area (Å²) in [5.41, 5.74) is 1.05. The fourth-order valence-electron chi connectivity index (χ4n) is 1.88. The first-order valence-corrected chi connectivity index (χ1v) is 7.07. The van der Waals surface area contributed by atoms with Crippen LogP contribution in [0.25, 0.3) is 17.0 Å². The highest BCUT2D eigenvalue weighted by molar-refractivity contribution is 7.98. The van der Waals surface area contributed by atoms with E-state index in [1.807, 2.05) is 36.6 Å². The lowest BCUT2D eigenvalue weighted by Gasteiger charge is -2.06. The molecule has 0 saturated carbocycles. The fraction of sp³-hybridized carbons (Fsp3) is 0.154. The van der Waals surface area contributed by atoms with Gasteiger partial charge in [0, 0.05) is 5.56 Å². The Morgan fingerprint density at radius 1 is 1.15 bits per heavy atom. The second-order valence-electron chi connectivity index (χ2n) is 4.04. The Morgan fingerprint density at radius 3 is 2.55 bits per heavy atom. The van der Waals surface area contributed by atoms with Gasteiger partial charge in [0.25, 0.3) is 12.2 Å². The maximum Gasteiger partial charge on any atom is 0.280 e. The summed E-state index contributed by atoms with van der Waals surface area (Å²) in [6.45, 7) is 0. The van der Waals surface area contributed by atoms with Crippen LogP contribution in [0.15, 0.2) is 41.6 Å². The van der Waals surface area contributed by atoms with Gasteiger partial charge in [-0.3, -0.25) is 0 Å². The third kappa shape index (κ3) is 2.24. The van der Waals surface area contributed by atoms with Gasteiger partial charge in [-0.25, -0.2) is 13.8 Å². The van der Waals surface area contributed by atoms with Gasteiger partial charge in [-0.15, -0.1) is 5.10 Å². The summed E-state index contributed by atoms with van der Waals surface area (Å²) >= 11 is 1.34. The number of halogens is 2. The second kappa shape index (κ2) is 5.16. The summed E-state index contributed by atoms with van der Waals surface area (Å²) in [5, 5.41) is 4.77. The minimum Gasteiger partial charge on any atom is -0.210 e. The molecule has 20 heavy (non-hydrogen) atoms. The molecule has 0 fully saturated rings. The summed E-state index contributed by atoms with van der Waals surface area (Å²) in [6.07, 6.45) is -0.817. The third-order valence-electron chi connectivity index (χ3n) is 2.79. The Kier molecular flexibility index (Phi) is 3.35. The number of thioether (sulfide) groups is 1. The van der Waals surface area contributed by atoms with Gasteiger partial charge in [-0.1, -0.05) is 42.1 Å². The first kappa shape index (κ1) is 13.0. The van der Waals surface area contributed by atoms with Crippen LogP contribution in [0, 0.1) is 0 Å². The van der Waals surface area contributed by atoms with Gasteiger partial charge in [0.05, 0.1) is 5.69 Å². The first-order valence-electron chi connectivity index (χ1n) is 5.84. The van der Waals surface area contributed by atoms with Crippen molar-refractivity contribution in [2.24, 2.45) is 0 Å². The summed E-state index contributed by atoms with van der Waals surface area (Å²) in [6, 6.07) is 10.6. The summed E-state index contributed by atoms with van der Waals surface area (Å²) in [4.78, 5) is 7.99. The zero-order chi connectivity index (χ0) is 14.1. The van der Waals surface area contributed by atoms with Gasteiger partial charge < -0.3 is 0 Å². The van der Waals surface area contributed by atoms with E-state index in [0.29, 0.717) is 10.9 Å². The lowest BCUT2D eigenvalue weighted by atomic mass is 10.1. The Balaban J connectivity index is 2.30. The highest BCUT2D eigenvalue weighted by Crippen LogP contribution is 2.25. The maximum absolute atomic E-state index is 13.0. The van der Waals surface area contributed by atoms with Gasteiger partial charge in [-0.2, -0.15) is 9.50 Å². The number of rotatable bonds is 3. The standard InChI is InChI=1S/C13H10F2N4S/c1-20-13-17-12-16-9(11(14)15)7-10(19(12)18-13)8-5-3-2-4-6-8/h2-7,11H,1H3. The predicted molar refractivity (Wildman–Crippen MR) is 73.0 cm³/mol. The Labute approximate surface area is 117 Å². The Bertz CT molecular complexity index is 743. The van der Waals surface area contributed by atoms with E-state index in [2.05, 4.69) is 15.1 Å². The zero-order valence-corrected chi connectivity index (χ0v) is 11.3. The molecule has 0 radical (unpaired) electrons. The number of aromatic nitrogens is 4. The molecule has 4 nitrogen and oxygen atoms in total. The van der Waals surface area contributed by atoms with Gasteiger partial charge >= 0.3 is 0 Å². The smallest absolute Gasteiger partial charge is 0.210 e. The minimum atomic E-state index is -2.64. The highest BCUT2D eigenvalue weighted by atomic mass is 32.2. The van der Waals surface area contributed by atoms with Crippen LogP contribution in [-0.4, -0.2) is 25.8 Å². The molecule has 0 unspecified atom stereocenters. The molecule has 3 aromatic rings. The average Bonchev–Trinajstić information content (AvgIpc) is 2.90. The van der Waals surface area contributed by atoms with Crippen LogP contribution in [0.5, 0.6) is 0 Å². The van der Waals surface area contributed by atoms with Crippen LogP contribution < -0.4 is 0 Å². The van der Waals surface area contributed by atoms with E-state index in [4.69, 9.17) is 0 Å². The molecular formula is C13H10F2N4S. The molecule has 0 saturated heterocycles. The number of hydrogen-bond donors (Lipinski definition) is 0. The number of hydrogen-bond acceptors (Lipinski definition) is 4. The summed E-state index contributed by atoms with van der Waals surface area (Å²) < 4.78 is 27.4. The van der Waals surface area contributed by atoms with E-state index in [9.17, 15) is 8.78 Å². The molecule has 0 N–H and O–H groups in total. The average molecular weight is 292 g/mol. The van der Waals surface area contributed by atoms with Crippen molar-refractivity contribution in [1.29, 1.82) is 0 Å². The van der Waals surface area contributed by atoms with Crippen LogP contribution in [0.3, 0.4) is 0 Å². The van der Waals surface area contributed by atoms with Crippen LogP contribution >= 0.6 is 11.8 Å². The molecule has 102 valence electrons. The molecule has 2 aromatic heterocycles. The van der Waals surface area contributed by atoms with Crippen molar-refractivity contribution in [3.63, 3.8) is 0 Å². The van der Waals surface area contributed by atoms with Gasteiger partial charge in [-0.05, 0) is 12.3 Å². The minimum absolute atomic E-state index is 0.186. The third-order valence-corrected chi connectivity index (χ3v) is 3.33. The molecule has 0 aliphatic heterocycles. The van der Waals surface area contributed by atoms with E-state index in [-0.39, 0.29) is 11.5 Å². The van der Waals surface area contributed by atoms with Crippen molar-refractivity contribution >= 4 is 17.5 Å². The van der Waals surface area contributed by atoms with Gasteiger partial charge in [0.15, 0.2) is 0 Å². The first-order chi connectivity index (χ1) is 9.69. The second-order valence-corrected chi connectivity index (χ2v) is 4.82. The van der Waals surface area contributed by atoms with Crippen LogP contribution in [0.1, 0.15) is 12.1 Å². The van der Waals surface area contributed by atoms with E-state index < -0.39 is 6.43 Å². The topological polar surface area (TPSA) is 43.1 Å². The number of benzene rings is 1. The molecule has 0 atom stereocenters. The van der Waals surface area contributed by atoms with Crippen molar-refractivity contribution in [1.82, 2.24) is 19.6 Å². The van der Waals surface area contributed by atoms with Crippen LogP contribution in [-0.2, 0) is 0 Å². The Morgan fingerprint density at radius 2 is 1.90 bits per heavy atom. The van der Waals surface area contributed by atoms with Crippen molar-refractivity contribution in [2.45, 2.75) is 11.6 Å². The monoisotopic (exact) mass is 292 g/mol. The molecule has 7 heteroatoms. The van der Waals surface area contributed by atoms with Crippen LogP contribution in [0.2, 0.25) is 0 Å². The van der Waals surface area contributed by atoms with Crippen molar-refractivity contribution in [3.05, 3.63) is 42.1 Å². The maximum atomic E-state index is 13.0. The number of fused-ring (bicyclic) bond motifs is 1. The largest absolute Gasteiger partial charge is 0.280 e. The normalized spacial score (nSPS) is 11.4. The molecule has 0 amide bonds. The van der Waals surface area contributed by atoms with Crippen LogP contribution in [0.4, 0.5) is 8.78 Å². The van der Waals surface area contributed by atoms with E-state index >= 15 is 0 Å². The summed E-state index contributed by atoms with van der Waals surface area (Å²) in [7, 11) is 0. The molecule has 1 aromatic carbocycles. The molecule has 3 rings (SSSR count). The quantitative estimate of drug-likeness (QED) is 0.693. The van der Waals surface area contributed by atoms with Gasteiger partial charge in [0.1, 0.15) is 5.69 Å². The lowest BCUT2D eigenvalue weighted by molar-refractivity contribution is 0.146. The van der Waals surface area contributed by atoms with E-state index in [0.717, 1.165) is 5.56 Å². The zero-order valence-electron chi connectivity index (χ0n) is 10.5. The fourth-order valence-corrected chi connectivity index (χ4v) is 2.22. The molecule has 0 aliphatic rings. The van der Waals surface area contributed by atoms with Crippen molar-refractivity contribution < 1.29 is 8.78 Å². The van der Waals surface area contributed by atoms with Crippen molar-refractivity contribution in [3.8, 4) is 11.3 Å². The van der Waals surface area contributed by atoms with Crippen molar-refractivity contribution in [2.75, 3.05) is 6.26 Å². The summed E-state index contributed by atoms with van der Waals surface area (Å²) in [5.74, 6) is 0.186. The predicted octanol–water partition coefficient (Wildman–Crippen LogP) is 3.45. The van der Waals surface area contributed by atoms with E-state index in [1.54, 1.807) is 0 Å².